The molecule has 44 valence electrons. The van der Waals surface area contributed by atoms with Gasteiger partial charge in [-0.3, -0.25) is 0 Å². The third-order valence-corrected chi connectivity index (χ3v) is 0.858. The van der Waals surface area contributed by atoms with Crippen LogP contribution in [0.15, 0.2) is 0 Å². The largest absolute Gasteiger partial charge is 0.373 e. The lowest BCUT2D eigenvalue weighted by Crippen LogP contribution is -1.73. The van der Waals surface area contributed by atoms with Crippen molar-refractivity contribution >= 4 is 0 Å². The molecule has 0 aromatic rings. The van der Waals surface area contributed by atoms with Gasteiger partial charge in [0.15, 0.2) is 0 Å². The minimum absolute atomic E-state index is 0.634. The topological polar surface area (TPSA) is 12.5 Å². The minimum Gasteiger partial charge on any atom is -0.373 e. The van der Waals surface area contributed by atoms with Crippen molar-refractivity contribution in [3.05, 3.63) is 0 Å². The molecule has 0 aliphatic carbocycles. The van der Waals surface area contributed by atoms with Crippen LogP contribution >= 0.6 is 0 Å². The average Bonchev–Trinajstić information content (AvgIpc) is 2.52. The van der Waals surface area contributed by atoms with E-state index in [1.54, 1.807) is 0 Å². The van der Waals surface area contributed by atoms with Gasteiger partial charge in [-0.15, -0.1) is 0 Å². The molecule has 0 amide bonds. The van der Waals surface area contributed by atoms with Gasteiger partial charge in [0.25, 0.3) is 0 Å². The second-order valence-corrected chi connectivity index (χ2v) is 1.36. The van der Waals surface area contributed by atoms with E-state index in [2.05, 4.69) is 6.92 Å². The molecule has 1 heterocycles. The van der Waals surface area contributed by atoms with Crippen LogP contribution < -0.4 is 0 Å². The van der Waals surface area contributed by atoms with E-state index >= 15 is 0 Å². The van der Waals surface area contributed by atoms with Crippen molar-refractivity contribution < 1.29 is 4.74 Å². The van der Waals surface area contributed by atoms with Gasteiger partial charge < -0.3 is 4.74 Å². The monoisotopic (exact) mass is 102 g/mol. The number of rotatable bonds is 1. The molecule has 1 saturated heterocycles. The zero-order chi connectivity index (χ0) is 5.70. The summed E-state index contributed by atoms with van der Waals surface area (Å²) in [5.74, 6) is 0. The van der Waals surface area contributed by atoms with Crippen LogP contribution in [0.5, 0.6) is 0 Å². The Morgan fingerprint density at radius 3 is 2.00 bits per heavy atom. The summed E-state index contributed by atoms with van der Waals surface area (Å²) in [6.45, 7) is 7.15. The summed E-state index contributed by atoms with van der Waals surface area (Å²) in [6, 6.07) is 0. The van der Waals surface area contributed by atoms with Crippen molar-refractivity contribution in [2.24, 2.45) is 0 Å². The lowest BCUT2D eigenvalue weighted by atomic mass is 10.4. The molecule has 0 radical (unpaired) electrons. The van der Waals surface area contributed by atoms with Gasteiger partial charge in [-0.25, -0.2) is 0 Å². The number of hydrogen-bond donors (Lipinski definition) is 0. The van der Waals surface area contributed by atoms with Gasteiger partial charge in [-0.1, -0.05) is 20.8 Å². The molecule has 1 atom stereocenters. The van der Waals surface area contributed by atoms with E-state index in [0.717, 1.165) is 6.61 Å². The molecule has 0 aromatic heterocycles. The minimum atomic E-state index is 0.634. The summed E-state index contributed by atoms with van der Waals surface area (Å²) >= 11 is 0. The van der Waals surface area contributed by atoms with Gasteiger partial charge in [0.05, 0.1) is 12.7 Å². The third kappa shape index (κ3) is 3.80. The van der Waals surface area contributed by atoms with Crippen LogP contribution in [0.1, 0.15) is 27.2 Å². The summed E-state index contributed by atoms with van der Waals surface area (Å²) in [4.78, 5) is 0. The molecular formula is C6H14O. The summed E-state index contributed by atoms with van der Waals surface area (Å²) in [7, 11) is 0. The molecule has 1 nitrogen and oxygen atoms in total. The number of hydrogen-bond acceptors (Lipinski definition) is 1. The van der Waals surface area contributed by atoms with E-state index in [1.807, 2.05) is 13.8 Å². The highest BCUT2D eigenvalue weighted by Crippen LogP contribution is 2.10. The fraction of sp³-hybridized carbons (Fsp3) is 1.00. The first kappa shape index (κ1) is 6.96. The molecule has 1 heteroatoms. The lowest BCUT2D eigenvalue weighted by Gasteiger charge is -1.69. The fourth-order valence-electron chi connectivity index (χ4n) is 0.304. The lowest BCUT2D eigenvalue weighted by molar-refractivity contribution is 0.403. The van der Waals surface area contributed by atoms with Gasteiger partial charge in [-0.05, 0) is 6.42 Å². The van der Waals surface area contributed by atoms with Gasteiger partial charge >= 0.3 is 0 Å². The van der Waals surface area contributed by atoms with Crippen LogP contribution in [0.4, 0.5) is 0 Å². The maximum absolute atomic E-state index is 4.86. The van der Waals surface area contributed by atoms with Crippen LogP contribution in [-0.2, 0) is 4.74 Å². The third-order valence-electron chi connectivity index (χ3n) is 0.858. The Balaban J connectivity index is 0.000000162. The first-order chi connectivity index (χ1) is 3.43. The highest BCUT2D eigenvalue weighted by atomic mass is 16.6. The van der Waals surface area contributed by atoms with Crippen molar-refractivity contribution in [3.63, 3.8) is 0 Å². The quantitative estimate of drug-likeness (QED) is 0.460. The first-order valence-corrected chi connectivity index (χ1v) is 3.05. The standard InChI is InChI=1S/C4H8O.C2H6/c1-2-4-3-5-4;1-2/h4H,2-3H2,1H3;1-2H3. The molecule has 0 spiro atoms. The second-order valence-electron chi connectivity index (χ2n) is 1.36. The zero-order valence-corrected chi connectivity index (χ0v) is 5.40. The SMILES string of the molecule is CC.CCC1CO1. The highest BCUT2D eigenvalue weighted by molar-refractivity contribution is 4.64. The normalized spacial score (nSPS) is 25.3. The molecule has 1 aliphatic heterocycles. The molecule has 0 aromatic carbocycles. The predicted molar refractivity (Wildman–Crippen MR) is 31.4 cm³/mol. The van der Waals surface area contributed by atoms with Gasteiger partial charge in [0.2, 0.25) is 0 Å². The Bertz CT molecular complexity index is 31.2. The predicted octanol–water partition coefficient (Wildman–Crippen LogP) is 1.82. The van der Waals surface area contributed by atoms with E-state index in [4.69, 9.17) is 4.74 Å². The van der Waals surface area contributed by atoms with E-state index in [0.29, 0.717) is 6.10 Å². The summed E-state index contributed by atoms with van der Waals surface area (Å²) in [5, 5.41) is 0. The van der Waals surface area contributed by atoms with Crippen LogP contribution in [0.3, 0.4) is 0 Å². The molecule has 1 rings (SSSR count). The molecule has 1 aliphatic rings. The molecule has 7 heavy (non-hydrogen) atoms. The van der Waals surface area contributed by atoms with E-state index in [9.17, 15) is 0 Å². The summed E-state index contributed by atoms with van der Waals surface area (Å²) < 4.78 is 4.86. The van der Waals surface area contributed by atoms with Crippen molar-refractivity contribution in [2.45, 2.75) is 33.3 Å². The molecular weight excluding hydrogens is 88.1 g/mol. The number of ether oxygens (including phenoxy) is 1. The van der Waals surface area contributed by atoms with Gasteiger partial charge in [0, 0.05) is 0 Å². The van der Waals surface area contributed by atoms with Crippen LogP contribution in [0.2, 0.25) is 0 Å². The Kier molecular flexibility index (Phi) is 4.10. The van der Waals surface area contributed by atoms with Gasteiger partial charge in [0.1, 0.15) is 0 Å². The van der Waals surface area contributed by atoms with Crippen molar-refractivity contribution in [1.82, 2.24) is 0 Å². The Morgan fingerprint density at radius 2 is 2.00 bits per heavy atom. The molecule has 1 unspecified atom stereocenters. The highest BCUT2D eigenvalue weighted by Gasteiger charge is 2.18. The van der Waals surface area contributed by atoms with Crippen LogP contribution in [0.25, 0.3) is 0 Å². The van der Waals surface area contributed by atoms with Crippen LogP contribution in [0, 0.1) is 0 Å². The van der Waals surface area contributed by atoms with Crippen molar-refractivity contribution in [2.75, 3.05) is 6.61 Å². The fourth-order valence-corrected chi connectivity index (χ4v) is 0.304. The zero-order valence-electron chi connectivity index (χ0n) is 5.40. The van der Waals surface area contributed by atoms with E-state index in [1.165, 1.54) is 6.42 Å². The van der Waals surface area contributed by atoms with E-state index in [-0.39, 0.29) is 0 Å². The van der Waals surface area contributed by atoms with Crippen molar-refractivity contribution in [1.29, 1.82) is 0 Å². The second kappa shape index (κ2) is 4.13. The van der Waals surface area contributed by atoms with Crippen molar-refractivity contribution in [3.8, 4) is 0 Å². The smallest absolute Gasteiger partial charge is 0.0807 e. The Hall–Kier alpha value is -0.0400. The Labute approximate surface area is 45.7 Å². The molecule has 0 saturated carbocycles. The van der Waals surface area contributed by atoms with Gasteiger partial charge in [-0.2, -0.15) is 0 Å². The van der Waals surface area contributed by atoms with Crippen LogP contribution in [-0.4, -0.2) is 12.7 Å². The maximum atomic E-state index is 4.86. The molecule has 0 bridgehead atoms. The average molecular weight is 102 g/mol. The summed E-state index contributed by atoms with van der Waals surface area (Å²) in [5.41, 5.74) is 0. The van der Waals surface area contributed by atoms with E-state index < -0.39 is 0 Å². The maximum Gasteiger partial charge on any atom is 0.0807 e. The Morgan fingerprint density at radius 1 is 1.57 bits per heavy atom. The summed E-state index contributed by atoms with van der Waals surface area (Å²) in [6.07, 6.45) is 1.83. The number of epoxide rings is 1. The molecule has 0 N–H and O–H groups in total. The first-order valence-electron chi connectivity index (χ1n) is 3.05. The molecule has 1 fully saturated rings.